The Morgan fingerprint density at radius 2 is 1.89 bits per heavy atom. The number of ether oxygens (including phenoxy) is 1. The number of hydrogen-bond acceptors (Lipinski definition) is 4. The molecule has 0 saturated heterocycles. The van der Waals surface area contributed by atoms with E-state index >= 15 is 0 Å². The smallest absolute Gasteiger partial charge is 0.263 e. The summed E-state index contributed by atoms with van der Waals surface area (Å²) in [5.41, 5.74) is 3.56. The van der Waals surface area contributed by atoms with Crippen molar-refractivity contribution in [2.24, 2.45) is 0 Å². The van der Waals surface area contributed by atoms with Crippen molar-refractivity contribution >= 4 is 17.2 Å². The molecular weight excluding hydrogens is 375 g/mol. The lowest BCUT2D eigenvalue weighted by atomic mass is 10.1. The molecule has 0 spiro atoms. The number of halogens is 1. The van der Waals surface area contributed by atoms with Gasteiger partial charge in [0.25, 0.3) is 5.91 Å². The third kappa shape index (κ3) is 5.24. The quantitative estimate of drug-likeness (QED) is 0.601. The molecule has 0 aliphatic carbocycles. The molecule has 1 aromatic heterocycles. The van der Waals surface area contributed by atoms with Crippen molar-refractivity contribution in [2.75, 3.05) is 0 Å². The van der Waals surface area contributed by atoms with Gasteiger partial charge in [0.15, 0.2) is 0 Å². The Morgan fingerprint density at radius 1 is 1.18 bits per heavy atom. The second kappa shape index (κ2) is 9.08. The molecule has 0 saturated carbocycles. The summed E-state index contributed by atoms with van der Waals surface area (Å²) in [6.45, 7) is 6.79. The van der Waals surface area contributed by atoms with Crippen molar-refractivity contribution in [3.05, 3.63) is 76.0 Å². The highest BCUT2D eigenvalue weighted by Crippen LogP contribution is 2.28. The van der Waals surface area contributed by atoms with Crippen LogP contribution in [0.4, 0.5) is 4.39 Å². The minimum atomic E-state index is -0.295. The van der Waals surface area contributed by atoms with E-state index in [9.17, 15) is 9.18 Å². The SMILES string of the molecule is Cc1nc(-c2ccc(F)cc2)sc1C(=O)NCc1cccc(COC(C)C)c1. The van der Waals surface area contributed by atoms with Crippen LogP contribution in [0.3, 0.4) is 0 Å². The van der Waals surface area contributed by atoms with Crippen LogP contribution < -0.4 is 5.32 Å². The molecule has 0 bridgehead atoms. The minimum absolute atomic E-state index is 0.160. The fraction of sp³-hybridized carbons (Fsp3) is 0.273. The summed E-state index contributed by atoms with van der Waals surface area (Å²) in [6, 6.07) is 14.1. The van der Waals surface area contributed by atoms with Crippen LogP contribution >= 0.6 is 11.3 Å². The summed E-state index contributed by atoms with van der Waals surface area (Å²) in [5.74, 6) is -0.455. The van der Waals surface area contributed by atoms with E-state index in [4.69, 9.17) is 4.74 Å². The monoisotopic (exact) mass is 398 g/mol. The van der Waals surface area contributed by atoms with E-state index in [0.717, 1.165) is 16.7 Å². The molecule has 1 N–H and O–H groups in total. The van der Waals surface area contributed by atoms with Gasteiger partial charge in [-0.25, -0.2) is 9.37 Å². The average molecular weight is 399 g/mol. The summed E-state index contributed by atoms with van der Waals surface area (Å²) < 4.78 is 18.7. The van der Waals surface area contributed by atoms with Gasteiger partial charge in [-0.2, -0.15) is 0 Å². The zero-order valence-corrected chi connectivity index (χ0v) is 17.0. The Bertz CT molecular complexity index is 951. The molecule has 6 heteroatoms. The Hall–Kier alpha value is -2.57. The van der Waals surface area contributed by atoms with Gasteiger partial charge in [-0.1, -0.05) is 24.3 Å². The van der Waals surface area contributed by atoms with Gasteiger partial charge in [-0.3, -0.25) is 4.79 Å². The Morgan fingerprint density at radius 3 is 2.61 bits per heavy atom. The molecule has 2 aromatic carbocycles. The molecular formula is C22H23FN2O2S. The van der Waals surface area contributed by atoms with Crippen molar-refractivity contribution in [1.82, 2.24) is 10.3 Å². The first kappa shape index (κ1) is 20.2. The molecule has 0 unspecified atom stereocenters. The summed E-state index contributed by atoms with van der Waals surface area (Å²) in [4.78, 5) is 17.6. The summed E-state index contributed by atoms with van der Waals surface area (Å²) >= 11 is 1.31. The second-order valence-electron chi connectivity index (χ2n) is 6.80. The standard InChI is InChI=1S/C22H23FN2O2S/c1-14(2)27-13-17-6-4-5-16(11-17)12-24-21(26)20-15(3)25-22(28-20)18-7-9-19(23)10-8-18/h4-11,14H,12-13H2,1-3H3,(H,24,26). The van der Waals surface area contributed by atoms with E-state index in [-0.39, 0.29) is 17.8 Å². The first-order valence-electron chi connectivity index (χ1n) is 9.13. The average Bonchev–Trinajstić information content (AvgIpc) is 3.07. The van der Waals surface area contributed by atoms with Crippen LogP contribution in [0.15, 0.2) is 48.5 Å². The van der Waals surface area contributed by atoms with Gasteiger partial charge in [0.1, 0.15) is 15.7 Å². The van der Waals surface area contributed by atoms with E-state index < -0.39 is 0 Å². The number of hydrogen-bond donors (Lipinski definition) is 1. The van der Waals surface area contributed by atoms with Crippen molar-refractivity contribution in [1.29, 1.82) is 0 Å². The number of rotatable bonds is 7. The zero-order chi connectivity index (χ0) is 20.1. The number of nitrogens with zero attached hydrogens (tertiary/aromatic N) is 1. The number of thiazole rings is 1. The van der Waals surface area contributed by atoms with Crippen molar-refractivity contribution in [3.8, 4) is 10.6 Å². The Labute approximate surface area is 168 Å². The van der Waals surface area contributed by atoms with Gasteiger partial charge in [0, 0.05) is 12.1 Å². The molecule has 0 aliphatic rings. The van der Waals surface area contributed by atoms with Crippen LogP contribution in [0, 0.1) is 12.7 Å². The lowest BCUT2D eigenvalue weighted by Crippen LogP contribution is -2.22. The summed E-state index contributed by atoms with van der Waals surface area (Å²) in [7, 11) is 0. The number of carbonyl (C=O) groups is 1. The highest BCUT2D eigenvalue weighted by atomic mass is 32.1. The normalized spacial score (nSPS) is 11.0. The van der Waals surface area contributed by atoms with Gasteiger partial charge in [-0.15, -0.1) is 11.3 Å². The molecule has 3 rings (SSSR count). The number of carbonyl (C=O) groups excluding carboxylic acids is 1. The number of nitrogens with one attached hydrogen (secondary N) is 1. The molecule has 0 fully saturated rings. The third-order valence-corrected chi connectivity index (χ3v) is 5.33. The minimum Gasteiger partial charge on any atom is -0.374 e. The largest absolute Gasteiger partial charge is 0.374 e. The zero-order valence-electron chi connectivity index (χ0n) is 16.2. The molecule has 3 aromatic rings. The second-order valence-corrected chi connectivity index (χ2v) is 7.80. The predicted octanol–water partition coefficient (Wildman–Crippen LogP) is 5.11. The van der Waals surface area contributed by atoms with Gasteiger partial charge in [0.05, 0.1) is 18.4 Å². The van der Waals surface area contributed by atoms with Crippen molar-refractivity contribution in [3.63, 3.8) is 0 Å². The molecule has 0 aliphatic heterocycles. The summed E-state index contributed by atoms with van der Waals surface area (Å²) in [6.07, 6.45) is 0.174. The molecule has 28 heavy (non-hydrogen) atoms. The van der Waals surface area contributed by atoms with E-state index in [1.807, 2.05) is 45.0 Å². The molecule has 146 valence electrons. The van der Waals surface area contributed by atoms with Crippen molar-refractivity contribution < 1.29 is 13.9 Å². The topological polar surface area (TPSA) is 51.2 Å². The fourth-order valence-electron chi connectivity index (χ4n) is 2.68. The van der Waals surface area contributed by atoms with Crippen LogP contribution in [0.5, 0.6) is 0 Å². The maximum atomic E-state index is 13.1. The Balaban J connectivity index is 1.65. The van der Waals surface area contributed by atoms with Gasteiger partial charge in [-0.05, 0) is 56.2 Å². The molecule has 4 nitrogen and oxygen atoms in total. The molecule has 0 atom stereocenters. The maximum Gasteiger partial charge on any atom is 0.263 e. The van der Waals surface area contributed by atoms with E-state index in [2.05, 4.69) is 10.3 Å². The van der Waals surface area contributed by atoms with Crippen LogP contribution in [0.2, 0.25) is 0 Å². The molecule has 1 amide bonds. The van der Waals surface area contributed by atoms with E-state index in [1.165, 1.54) is 23.5 Å². The molecule has 1 heterocycles. The highest BCUT2D eigenvalue weighted by Gasteiger charge is 2.16. The van der Waals surface area contributed by atoms with E-state index in [0.29, 0.717) is 28.7 Å². The summed E-state index contributed by atoms with van der Waals surface area (Å²) in [5, 5.41) is 3.66. The van der Waals surface area contributed by atoms with Crippen LogP contribution in [0.25, 0.3) is 10.6 Å². The number of aryl methyl sites for hydroxylation is 1. The van der Waals surface area contributed by atoms with Crippen LogP contribution in [-0.4, -0.2) is 17.0 Å². The number of amides is 1. The van der Waals surface area contributed by atoms with Crippen molar-refractivity contribution in [2.45, 2.75) is 40.0 Å². The number of benzene rings is 2. The van der Waals surface area contributed by atoms with E-state index in [1.54, 1.807) is 12.1 Å². The third-order valence-electron chi connectivity index (χ3n) is 4.12. The first-order valence-corrected chi connectivity index (χ1v) is 9.95. The van der Waals surface area contributed by atoms with Gasteiger partial charge in [0.2, 0.25) is 0 Å². The molecule has 0 radical (unpaired) electrons. The van der Waals surface area contributed by atoms with Gasteiger partial charge < -0.3 is 10.1 Å². The maximum absolute atomic E-state index is 13.1. The van der Waals surface area contributed by atoms with Gasteiger partial charge >= 0.3 is 0 Å². The highest BCUT2D eigenvalue weighted by molar-refractivity contribution is 7.17. The van der Waals surface area contributed by atoms with Crippen LogP contribution in [-0.2, 0) is 17.9 Å². The first-order chi connectivity index (χ1) is 13.4. The lowest BCUT2D eigenvalue weighted by Gasteiger charge is -2.09. The van der Waals surface area contributed by atoms with Crippen LogP contribution in [0.1, 0.15) is 40.3 Å². The number of aromatic nitrogens is 1. The Kier molecular flexibility index (Phi) is 6.54. The fourth-order valence-corrected chi connectivity index (χ4v) is 3.67. The lowest BCUT2D eigenvalue weighted by molar-refractivity contribution is 0.0657. The predicted molar refractivity (Wildman–Crippen MR) is 110 cm³/mol.